The summed E-state index contributed by atoms with van der Waals surface area (Å²) in [6.07, 6.45) is -4.66. The van der Waals surface area contributed by atoms with Gasteiger partial charge in [0.15, 0.2) is 0 Å². The lowest BCUT2D eigenvalue weighted by Gasteiger charge is -2.15. The van der Waals surface area contributed by atoms with Crippen molar-refractivity contribution in [1.29, 1.82) is 0 Å². The van der Waals surface area contributed by atoms with Gasteiger partial charge in [-0.2, -0.15) is 13.2 Å². The number of aromatic nitrogens is 2. The van der Waals surface area contributed by atoms with E-state index in [1.54, 1.807) is 22.6 Å². The average molecular weight is 473 g/mol. The van der Waals surface area contributed by atoms with Crippen molar-refractivity contribution >= 4 is 56.4 Å². The maximum atomic E-state index is 13.4. The van der Waals surface area contributed by atoms with Crippen LogP contribution in [0, 0.1) is 3.57 Å². The highest BCUT2D eigenvalue weighted by atomic mass is 127. The van der Waals surface area contributed by atoms with E-state index in [0.717, 1.165) is 17.4 Å². The van der Waals surface area contributed by atoms with Gasteiger partial charge in [0.2, 0.25) is 0 Å². The Balaban J connectivity index is 2.53. The first-order chi connectivity index (χ1) is 10.7. The topological polar surface area (TPSA) is 65.7 Å². The largest absolute Gasteiger partial charge is 0.417 e. The molecule has 0 atom stereocenters. The molecule has 0 radical (unpaired) electrons. The Bertz CT molecular complexity index is 1040. The highest BCUT2D eigenvalue weighted by Gasteiger charge is 2.36. The summed E-state index contributed by atoms with van der Waals surface area (Å²) in [7, 11) is 0. The van der Waals surface area contributed by atoms with Crippen molar-refractivity contribution in [2.24, 2.45) is 0 Å². The zero-order valence-electron chi connectivity index (χ0n) is 10.8. The van der Waals surface area contributed by atoms with Gasteiger partial charge in [0.25, 0.3) is 5.56 Å². The van der Waals surface area contributed by atoms with Crippen LogP contribution in [-0.2, 0) is 6.18 Å². The zero-order valence-corrected chi connectivity index (χ0v) is 14.6. The predicted octanol–water partition coefficient (Wildman–Crippen LogP) is 4.22. The first-order valence-electron chi connectivity index (χ1n) is 5.99. The Morgan fingerprint density at radius 1 is 1.17 bits per heavy atom. The van der Waals surface area contributed by atoms with Gasteiger partial charge < -0.3 is 4.98 Å². The molecule has 10 heteroatoms. The standard InChI is InChI=1S/C13H5ClF3IN2O2S/c14-4-1-7(23-3-4)8-6(13(15,16)17)2-5-10(9(8)18)19-12(22)20-11(5)21/h1-3H,(H2,19,20,21,22). The number of hydrogen-bond donors (Lipinski definition) is 2. The SMILES string of the molecule is O=c1[nH]c(=O)c2cc(C(F)(F)F)c(-c3cc(Cl)cs3)c(I)c2[nH]1. The van der Waals surface area contributed by atoms with E-state index < -0.39 is 23.0 Å². The van der Waals surface area contributed by atoms with Gasteiger partial charge >= 0.3 is 11.9 Å². The summed E-state index contributed by atoms with van der Waals surface area (Å²) in [5, 5.41) is 1.60. The number of halogens is 5. The number of benzene rings is 1. The maximum Gasteiger partial charge on any atom is 0.417 e. The van der Waals surface area contributed by atoms with E-state index >= 15 is 0 Å². The zero-order chi connectivity index (χ0) is 16.9. The molecule has 1 aromatic carbocycles. The van der Waals surface area contributed by atoms with Crippen molar-refractivity contribution in [1.82, 2.24) is 9.97 Å². The average Bonchev–Trinajstić information content (AvgIpc) is 2.84. The number of hydrogen-bond acceptors (Lipinski definition) is 3. The smallest absolute Gasteiger partial charge is 0.306 e. The van der Waals surface area contributed by atoms with Crippen molar-refractivity contribution in [2.75, 3.05) is 0 Å². The highest BCUT2D eigenvalue weighted by molar-refractivity contribution is 14.1. The van der Waals surface area contributed by atoms with Crippen LogP contribution in [0.25, 0.3) is 21.3 Å². The summed E-state index contributed by atoms with van der Waals surface area (Å²) in [6, 6.07) is 2.16. The molecule has 2 aromatic heterocycles. The molecule has 0 amide bonds. The van der Waals surface area contributed by atoms with Crippen molar-refractivity contribution in [3.05, 3.63) is 52.5 Å². The van der Waals surface area contributed by atoms with Gasteiger partial charge in [0.05, 0.1) is 21.5 Å². The van der Waals surface area contributed by atoms with E-state index in [9.17, 15) is 22.8 Å². The molecule has 0 saturated carbocycles. The maximum absolute atomic E-state index is 13.4. The monoisotopic (exact) mass is 472 g/mol. The molecule has 0 spiro atoms. The van der Waals surface area contributed by atoms with Gasteiger partial charge in [-0.1, -0.05) is 11.6 Å². The van der Waals surface area contributed by atoms with Gasteiger partial charge in [-0.15, -0.1) is 11.3 Å². The van der Waals surface area contributed by atoms with Crippen LogP contribution in [-0.4, -0.2) is 9.97 Å². The van der Waals surface area contributed by atoms with Crippen molar-refractivity contribution < 1.29 is 13.2 Å². The Morgan fingerprint density at radius 3 is 2.43 bits per heavy atom. The number of rotatable bonds is 1. The third-order valence-corrected chi connectivity index (χ3v) is 5.47. The number of nitrogens with one attached hydrogen (secondary N) is 2. The Kier molecular flexibility index (Phi) is 4.05. The molecular weight excluding hydrogens is 468 g/mol. The second-order valence-corrected chi connectivity index (χ2v) is 7.00. The molecule has 0 fully saturated rings. The molecule has 0 aliphatic carbocycles. The van der Waals surface area contributed by atoms with Gasteiger partial charge in [-0.25, -0.2) is 4.79 Å². The molecule has 0 bridgehead atoms. The number of aromatic amines is 2. The Hall–Kier alpha value is -1.33. The molecule has 23 heavy (non-hydrogen) atoms. The summed E-state index contributed by atoms with van der Waals surface area (Å²) in [6.45, 7) is 0. The van der Waals surface area contributed by atoms with E-state index in [1.807, 2.05) is 4.98 Å². The minimum absolute atomic E-state index is 0.0619. The number of thiophene rings is 1. The molecule has 3 aromatic rings. The molecule has 0 aliphatic rings. The lowest BCUT2D eigenvalue weighted by Crippen LogP contribution is -2.23. The van der Waals surface area contributed by atoms with Crippen LogP contribution in [0.4, 0.5) is 13.2 Å². The van der Waals surface area contributed by atoms with Crippen molar-refractivity contribution in [2.45, 2.75) is 6.18 Å². The van der Waals surface area contributed by atoms with Crippen LogP contribution in [0.3, 0.4) is 0 Å². The summed E-state index contributed by atoms with van der Waals surface area (Å²) in [4.78, 5) is 27.9. The fraction of sp³-hybridized carbons (Fsp3) is 0.0769. The normalized spacial score (nSPS) is 12.0. The summed E-state index contributed by atoms with van der Waals surface area (Å²) in [5.74, 6) is 0. The van der Waals surface area contributed by atoms with E-state index in [0.29, 0.717) is 9.90 Å². The molecule has 2 heterocycles. The van der Waals surface area contributed by atoms with Crippen LogP contribution < -0.4 is 11.2 Å². The minimum atomic E-state index is -4.66. The first kappa shape index (κ1) is 16.5. The van der Waals surface area contributed by atoms with Gasteiger partial charge in [0, 0.05) is 19.4 Å². The highest BCUT2D eigenvalue weighted by Crippen LogP contribution is 2.44. The molecular formula is C13H5ClF3IN2O2S. The first-order valence-corrected chi connectivity index (χ1v) is 8.32. The summed E-state index contributed by atoms with van der Waals surface area (Å²) >= 11 is 8.55. The second-order valence-electron chi connectivity index (χ2n) is 4.57. The molecule has 120 valence electrons. The van der Waals surface area contributed by atoms with Gasteiger partial charge in [-0.05, 0) is 34.7 Å². The number of H-pyrrole nitrogens is 2. The Morgan fingerprint density at radius 2 is 1.87 bits per heavy atom. The molecule has 2 N–H and O–H groups in total. The van der Waals surface area contributed by atoms with Gasteiger partial charge in [0.1, 0.15) is 0 Å². The van der Waals surface area contributed by atoms with Crippen LogP contribution in [0.2, 0.25) is 5.02 Å². The van der Waals surface area contributed by atoms with E-state index in [1.165, 1.54) is 11.4 Å². The third kappa shape index (κ3) is 2.92. The van der Waals surface area contributed by atoms with Crippen LogP contribution >= 0.6 is 45.5 Å². The van der Waals surface area contributed by atoms with Crippen LogP contribution in [0.1, 0.15) is 5.56 Å². The molecule has 4 nitrogen and oxygen atoms in total. The number of alkyl halides is 3. The molecule has 3 rings (SSSR count). The Labute approximate surface area is 148 Å². The molecule has 0 saturated heterocycles. The fourth-order valence-electron chi connectivity index (χ4n) is 2.18. The lowest BCUT2D eigenvalue weighted by molar-refractivity contribution is -0.137. The van der Waals surface area contributed by atoms with Crippen LogP contribution in [0.15, 0.2) is 27.1 Å². The summed E-state index contributed by atoms with van der Waals surface area (Å²) in [5.41, 5.74) is -2.65. The van der Waals surface area contributed by atoms with Gasteiger partial charge in [-0.3, -0.25) is 9.78 Å². The number of fused-ring (bicyclic) bond motifs is 1. The third-order valence-electron chi connectivity index (χ3n) is 3.10. The van der Waals surface area contributed by atoms with Crippen LogP contribution in [0.5, 0.6) is 0 Å². The molecule has 0 unspecified atom stereocenters. The van der Waals surface area contributed by atoms with E-state index in [-0.39, 0.29) is 20.0 Å². The van der Waals surface area contributed by atoms with Crippen molar-refractivity contribution in [3.63, 3.8) is 0 Å². The molecule has 0 aliphatic heterocycles. The second kappa shape index (κ2) is 5.64. The summed E-state index contributed by atoms with van der Waals surface area (Å²) < 4.78 is 40.5. The van der Waals surface area contributed by atoms with E-state index in [4.69, 9.17) is 11.6 Å². The van der Waals surface area contributed by atoms with E-state index in [2.05, 4.69) is 4.98 Å². The minimum Gasteiger partial charge on any atom is -0.306 e. The quantitative estimate of drug-likeness (QED) is 0.521. The predicted molar refractivity (Wildman–Crippen MR) is 91.2 cm³/mol. The van der Waals surface area contributed by atoms with Crippen molar-refractivity contribution in [3.8, 4) is 10.4 Å². The fourth-order valence-corrected chi connectivity index (χ4v) is 4.50. The lowest BCUT2D eigenvalue weighted by atomic mass is 10.0.